The van der Waals surface area contributed by atoms with Crippen LogP contribution in [0.5, 0.6) is 0 Å². The number of aromatic nitrogens is 4. The number of hydrogen-bond acceptors (Lipinski definition) is 17. The van der Waals surface area contributed by atoms with Gasteiger partial charge in [0.2, 0.25) is 17.7 Å². The number of nitrogens with one attached hydrogen (secondary N) is 4. The average Bonchev–Trinajstić information content (AvgIpc) is 2.06. The fourth-order valence-electron chi connectivity index (χ4n) is 10.8. The predicted octanol–water partition coefficient (Wildman–Crippen LogP) is 8.93. The molecule has 460 valence electrons. The number of pyridine rings is 2. The van der Waals surface area contributed by atoms with E-state index in [0.29, 0.717) is 58.4 Å². The molecule has 0 saturated carbocycles. The molecule has 0 radical (unpaired) electrons. The van der Waals surface area contributed by atoms with Crippen molar-refractivity contribution < 1.29 is 42.4 Å². The lowest BCUT2D eigenvalue weighted by atomic mass is 10.1. The Morgan fingerprint density at radius 1 is 0.716 bits per heavy atom. The van der Waals surface area contributed by atoms with Crippen LogP contribution in [-0.2, 0) is 37.5 Å². The zero-order valence-corrected chi connectivity index (χ0v) is 51.5. The van der Waals surface area contributed by atoms with Gasteiger partial charge in [-0.15, -0.1) is 0 Å². The van der Waals surface area contributed by atoms with Gasteiger partial charge in [-0.2, -0.15) is 0 Å². The summed E-state index contributed by atoms with van der Waals surface area (Å²) in [6, 6.07) is 37.0. The SMILES string of the molecule is CO[C@@H]1C[C@H](n2cc(/C=C/C(=O)NCCN(CCNC(=O)CCCCN3/C(=C/c4ccnc5ccccc45)Sc4ccccc43)CCNC(=O)CCCCN3/C(=C/c4ccnc5ccccc45)Sc4ccccc43)c(=O)[nH]c2=O)O[C@@H]1COP(=O)(O)OC. The first-order valence-corrected chi connectivity index (χ1v) is 32.4. The van der Waals surface area contributed by atoms with Crippen molar-refractivity contribution in [3.8, 4) is 0 Å². The zero-order valence-electron chi connectivity index (χ0n) is 49.0. The minimum atomic E-state index is -4.32. The lowest BCUT2D eigenvalue weighted by Gasteiger charge is -2.23. The normalized spacial score (nSPS) is 18.0. The molecule has 88 heavy (non-hydrogen) atoms. The first-order valence-electron chi connectivity index (χ1n) is 29.3. The Hall–Kier alpha value is -7.70. The maximum atomic E-state index is 13.3. The third-order valence-corrected chi connectivity index (χ3v) is 18.5. The fourth-order valence-corrected chi connectivity index (χ4v) is 13.5. The van der Waals surface area contributed by atoms with Gasteiger partial charge < -0.3 is 40.1 Å². The number of unbranched alkanes of at least 4 members (excludes halogenated alkanes) is 2. The Morgan fingerprint density at radius 3 is 1.78 bits per heavy atom. The molecule has 0 aliphatic carbocycles. The van der Waals surface area contributed by atoms with E-state index in [1.54, 1.807) is 23.5 Å². The summed E-state index contributed by atoms with van der Waals surface area (Å²) in [5.41, 5.74) is 4.85. The highest BCUT2D eigenvalue weighted by atomic mass is 32.2. The van der Waals surface area contributed by atoms with Gasteiger partial charge in [0.15, 0.2) is 0 Å². The largest absolute Gasteiger partial charge is 0.472 e. The van der Waals surface area contributed by atoms with Crippen LogP contribution >= 0.6 is 31.3 Å². The van der Waals surface area contributed by atoms with Crippen molar-refractivity contribution in [3.05, 3.63) is 181 Å². The number of para-hydroxylation sites is 4. The summed E-state index contributed by atoms with van der Waals surface area (Å²) in [6.45, 7) is 3.23. The van der Waals surface area contributed by atoms with Crippen molar-refractivity contribution >= 4 is 100 Å². The molecule has 1 fully saturated rings. The van der Waals surface area contributed by atoms with E-state index in [9.17, 15) is 33.4 Å². The van der Waals surface area contributed by atoms with Gasteiger partial charge in [-0.3, -0.25) is 52.6 Å². The summed E-state index contributed by atoms with van der Waals surface area (Å²) in [7, 11) is -1.87. The molecule has 10 rings (SSSR count). The van der Waals surface area contributed by atoms with E-state index in [0.717, 1.165) is 92.0 Å². The number of anilines is 2. The van der Waals surface area contributed by atoms with Crippen LogP contribution in [-0.4, -0.2) is 132 Å². The number of H-pyrrole nitrogens is 1. The average molecular weight is 1250 g/mol. The number of rotatable bonds is 29. The predicted molar refractivity (Wildman–Crippen MR) is 344 cm³/mol. The van der Waals surface area contributed by atoms with Crippen molar-refractivity contribution in [1.82, 2.24) is 40.4 Å². The second kappa shape index (κ2) is 30.5. The van der Waals surface area contributed by atoms with E-state index in [2.05, 4.69) is 98.7 Å². The number of aromatic amines is 1. The zero-order chi connectivity index (χ0) is 61.4. The van der Waals surface area contributed by atoms with Crippen LogP contribution in [0.1, 0.15) is 67.9 Å². The molecule has 24 heteroatoms. The first kappa shape index (κ1) is 63.3. The number of ether oxygens (including phenoxy) is 2. The third-order valence-electron chi connectivity index (χ3n) is 15.3. The highest BCUT2D eigenvalue weighted by molar-refractivity contribution is 8.04. The summed E-state index contributed by atoms with van der Waals surface area (Å²) in [6.07, 6.45) is 13.2. The minimum absolute atomic E-state index is 0.00648. The van der Waals surface area contributed by atoms with Crippen LogP contribution in [0, 0.1) is 0 Å². The van der Waals surface area contributed by atoms with Crippen LogP contribution in [0.25, 0.3) is 40.0 Å². The van der Waals surface area contributed by atoms with Gasteiger partial charge in [-0.05, 0) is 104 Å². The highest BCUT2D eigenvalue weighted by Gasteiger charge is 2.39. The molecule has 0 bridgehead atoms. The molecule has 6 heterocycles. The molecule has 4 atom stereocenters. The van der Waals surface area contributed by atoms with Crippen molar-refractivity contribution in [2.75, 3.05) is 83.0 Å². The molecular formula is C64H71N10O11PS2. The first-order chi connectivity index (χ1) is 42.8. The molecule has 4 aromatic carbocycles. The molecule has 7 aromatic rings. The van der Waals surface area contributed by atoms with Crippen LogP contribution in [0.3, 0.4) is 0 Å². The van der Waals surface area contributed by atoms with Crippen molar-refractivity contribution in [2.45, 2.75) is 73.2 Å². The monoisotopic (exact) mass is 1250 g/mol. The maximum Gasteiger partial charge on any atom is 0.472 e. The fraction of sp³-hybridized carbons (Fsp3) is 0.328. The van der Waals surface area contributed by atoms with Crippen LogP contribution in [0.4, 0.5) is 11.4 Å². The summed E-state index contributed by atoms with van der Waals surface area (Å²) >= 11 is 3.47. The second-order valence-electron chi connectivity index (χ2n) is 21.2. The second-order valence-corrected chi connectivity index (χ2v) is 24.8. The van der Waals surface area contributed by atoms with Gasteiger partial charge in [0, 0.05) is 131 Å². The number of thioether (sulfide) groups is 2. The number of nitrogens with zero attached hydrogens (tertiary/aromatic N) is 6. The third kappa shape index (κ3) is 16.5. The van der Waals surface area contributed by atoms with Crippen LogP contribution < -0.4 is 37.0 Å². The molecule has 21 nitrogen and oxygen atoms in total. The van der Waals surface area contributed by atoms with E-state index < -0.39 is 43.4 Å². The molecular weight excluding hydrogens is 1180 g/mol. The Balaban J connectivity index is 0.720. The molecule has 5 N–H and O–H groups in total. The lowest BCUT2D eigenvalue weighted by molar-refractivity contribution is -0.121. The van der Waals surface area contributed by atoms with Gasteiger partial charge in [0.1, 0.15) is 12.3 Å². The molecule has 1 saturated heterocycles. The van der Waals surface area contributed by atoms with E-state index in [-0.39, 0.29) is 37.0 Å². The Labute approximate surface area is 518 Å². The number of carbonyl (C=O) groups is 3. The number of phosphoric ester groups is 1. The number of methoxy groups -OCH3 is 1. The number of amides is 3. The van der Waals surface area contributed by atoms with Crippen LogP contribution in [0.15, 0.2) is 163 Å². The van der Waals surface area contributed by atoms with Crippen molar-refractivity contribution in [2.24, 2.45) is 0 Å². The summed E-state index contributed by atoms with van der Waals surface area (Å²) in [4.78, 5) is 95.9. The molecule has 0 spiro atoms. The molecule has 3 aliphatic rings. The van der Waals surface area contributed by atoms with Gasteiger partial charge in [0.25, 0.3) is 5.56 Å². The number of carbonyl (C=O) groups excluding carboxylic acids is 3. The summed E-state index contributed by atoms with van der Waals surface area (Å²) in [5.74, 6) is -0.646. The number of hydrogen-bond donors (Lipinski definition) is 5. The Morgan fingerprint density at radius 2 is 1.24 bits per heavy atom. The van der Waals surface area contributed by atoms with Gasteiger partial charge in [-0.1, -0.05) is 84.2 Å². The van der Waals surface area contributed by atoms with Crippen molar-refractivity contribution in [1.29, 1.82) is 0 Å². The van der Waals surface area contributed by atoms with E-state index in [1.807, 2.05) is 85.2 Å². The molecule has 3 aliphatic heterocycles. The Kier molecular flexibility index (Phi) is 21.9. The van der Waals surface area contributed by atoms with E-state index >= 15 is 0 Å². The van der Waals surface area contributed by atoms with E-state index in [1.165, 1.54) is 35.2 Å². The standard InChI is InChI=1S/C64H71N10O11PS2/c1-82-53-41-60(85-54(53)43-84-86(80,81)83-2)74-42-46(63(78)70-64(74)79)25-26-59(77)69-33-38-71(36-31-67-57(75)23-11-13-34-72-51-19-7-9-21-55(51)87-61(72)39-44-27-29-65-49-17-5-3-15-47(44)49)37-32-68-58(76)24-12-14-35-73-52-20-8-10-22-56(52)88-62(73)40-45-28-30-66-50-18-6-4-16-48(45)50/h3-10,15-22,25-30,39-40,42,53-54,60H,11-14,23-24,31-38,41,43H2,1-2H3,(H,67,75)(H,68,76)(H,69,77)(H,80,81)(H,70,78,79)/b26-25+,61-39-,62-40-/t53-,54-,60-/m1/s1. The summed E-state index contributed by atoms with van der Waals surface area (Å²) in [5, 5.41) is 13.4. The van der Waals surface area contributed by atoms with E-state index in [4.69, 9.17) is 14.0 Å². The Bertz CT molecular complexity index is 3720. The number of phosphoric acid groups is 1. The quantitative estimate of drug-likeness (QED) is 0.0167. The highest BCUT2D eigenvalue weighted by Crippen LogP contribution is 2.48. The molecule has 1 unspecified atom stereocenters. The molecule has 3 amide bonds. The van der Waals surface area contributed by atoms with Gasteiger partial charge in [-0.25, -0.2) is 9.36 Å². The van der Waals surface area contributed by atoms with Crippen molar-refractivity contribution in [3.63, 3.8) is 0 Å². The van der Waals surface area contributed by atoms with Crippen LogP contribution in [0.2, 0.25) is 0 Å². The lowest BCUT2D eigenvalue weighted by Crippen LogP contribution is -2.42. The summed E-state index contributed by atoms with van der Waals surface area (Å²) < 4.78 is 33.9. The van der Waals surface area contributed by atoms with Gasteiger partial charge >= 0.3 is 13.5 Å². The maximum absolute atomic E-state index is 13.3. The molecule has 3 aromatic heterocycles. The number of benzene rings is 4. The smallest absolute Gasteiger partial charge is 0.378 e. The van der Waals surface area contributed by atoms with Gasteiger partial charge in [0.05, 0.1) is 50.7 Å². The topological polar surface area (TPSA) is 252 Å². The minimum Gasteiger partial charge on any atom is -0.378 e. The number of fused-ring (bicyclic) bond motifs is 4.